The van der Waals surface area contributed by atoms with Crippen LogP contribution in [-0.4, -0.2) is 33.0 Å². The molecule has 0 spiro atoms. The largest absolute Gasteiger partial charge is 0.493 e. The first-order valence-electron chi connectivity index (χ1n) is 10.9. The average Bonchev–Trinajstić information content (AvgIpc) is 2.80. The minimum Gasteiger partial charge on any atom is -0.493 e. The maximum atomic E-state index is 13.5. The predicted molar refractivity (Wildman–Crippen MR) is 123 cm³/mol. The molecule has 4 rings (SSSR count). The summed E-state index contributed by atoms with van der Waals surface area (Å²) in [7, 11) is 4.68. The summed E-state index contributed by atoms with van der Waals surface area (Å²) in [6, 6.07) is 9.65. The fourth-order valence-corrected chi connectivity index (χ4v) is 4.84. The Morgan fingerprint density at radius 2 is 1.62 bits per heavy atom. The van der Waals surface area contributed by atoms with E-state index in [0.29, 0.717) is 30.1 Å². The van der Waals surface area contributed by atoms with Crippen LogP contribution in [0.5, 0.6) is 17.2 Å². The van der Waals surface area contributed by atoms with Gasteiger partial charge in [0.25, 0.3) is 0 Å². The molecule has 168 valence electrons. The zero-order valence-corrected chi connectivity index (χ0v) is 19.3. The van der Waals surface area contributed by atoms with E-state index in [1.807, 2.05) is 44.2 Å². The van der Waals surface area contributed by atoms with Gasteiger partial charge in [-0.15, -0.1) is 0 Å². The van der Waals surface area contributed by atoms with Crippen LogP contribution in [0.3, 0.4) is 0 Å². The van der Waals surface area contributed by atoms with E-state index in [9.17, 15) is 9.59 Å². The molecule has 0 saturated carbocycles. The van der Waals surface area contributed by atoms with Crippen molar-refractivity contribution in [3.63, 3.8) is 0 Å². The molecule has 0 bridgehead atoms. The van der Waals surface area contributed by atoms with Crippen LogP contribution in [0.2, 0.25) is 0 Å². The molecule has 1 amide bonds. The van der Waals surface area contributed by atoms with Gasteiger partial charge in [-0.3, -0.25) is 14.5 Å². The molecule has 1 unspecified atom stereocenters. The van der Waals surface area contributed by atoms with Crippen LogP contribution < -0.4 is 19.1 Å². The van der Waals surface area contributed by atoms with Gasteiger partial charge in [-0.2, -0.15) is 0 Å². The number of ketones is 1. The second-order valence-electron chi connectivity index (χ2n) is 8.30. The van der Waals surface area contributed by atoms with E-state index in [1.165, 1.54) is 0 Å². The number of carbonyl (C=O) groups is 2. The number of hydrogen-bond donors (Lipinski definition) is 0. The van der Waals surface area contributed by atoms with Gasteiger partial charge in [0.1, 0.15) is 0 Å². The maximum Gasteiger partial charge on any atom is 0.232 e. The lowest BCUT2D eigenvalue weighted by Crippen LogP contribution is -2.41. The van der Waals surface area contributed by atoms with Crippen LogP contribution >= 0.6 is 0 Å². The van der Waals surface area contributed by atoms with Crippen molar-refractivity contribution in [2.24, 2.45) is 0 Å². The molecule has 0 N–H and O–H groups in total. The van der Waals surface area contributed by atoms with E-state index in [2.05, 4.69) is 0 Å². The van der Waals surface area contributed by atoms with Crippen molar-refractivity contribution in [2.75, 3.05) is 26.2 Å². The van der Waals surface area contributed by atoms with Crippen molar-refractivity contribution in [1.82, 2.24) is 0 Å². The summed E-state index contributed by atoms with van der Waals surface area (Å²) in [5, 5.41) is 0. The van der Waals surface area contributed by atoms with Crippen molar-refractivity contribution in [3.8, 4) is 17.2 Å². The Hall–Kier alpha value is -3.28. The van der Waals surface area contributed by atoms with Crippen molar-refractivity contribution >= 4 is 17.4 Å². The van der Waals surface area contributed by atoms with Crippen LogP contribution in [0.15, 0.2) is 41.6 Å². The zero-order valence-electron chi connectivity index (χ0n) is 19.3. The molecule has 2 aliphatic rings. The van der Waals surface area contributed by atoms with E-state index in [4.69, 9.17) is 14.2 Å². The van der Waals surface area contributed by atoms with Crippen molar-refractivity contribution in [1.29, 1.82) is 0 Å². The fourth-order valence-electron chi connectivity index (χ4n) is 4.84. The SMILES string of the molecule is COc1cc(C2CC(=O)N(c3cccc(C)c3C)C3=C2C(=O)CCC3)cc(OC)c1OC. The topological polar surface area (TPSA) is 65.1 Å². The number of nitrogens with zero attached hydrogens (tertiary/aromatic N) is 1. The van der Waals surface area contributed by atoms with Crippen LogP contribution in [0.25, 0.3) is 0 Å². The smallest absolute Gasteiger partial charge is 0.232 e. The number of benzene rings is 2. The highest BCUT2D eigenvalue weighted by Crippen LogP contribution is 2.47. The maximum absolute atomic E-state index is 13.5. The van der Waals surface area contributed by atoms with Gasteiger partial charge in [0.15, 0.2) is 17.3 Å². The summed E-state index contributed by atoms with van der Waals surface area (Å²) in [6.45, 7) is 4.06. The quantitative estimate of drug-likeness (QED) is 0.671. The summed E-state index contributed by atoms with van der Waals surface area (Å²) < 4.78 is 16.5. The van der Waals surface area contributed by atoms with Gasteiger partial charge in [-0.1, -0.05) is 12.1 Å². The van der Waals surface area contributed by atoms with Crippen LogP contribution in [0.4, 0.5) is 5.69 Å². The number of amides is 1. The Kier molecular flexibility index (Phi) is 5.96. The fraction of sp³-hybridized carbons (Fsp3) is 0.385. The summed E-state index contributed by atoms with van der Waals surface area (Å²) >= 11 is 0. The van der Waals surface area contributed by atoms with Gasteiger partial charge < -0.3 is 14.2 Å². The molecule has 1 aliphatic carbocycles. The minimum atomic E-state index is -0.347. The molecule has 6 heteroatoms. The number of rotatable bonds is 5. The van der Waals surface area contributed by atoms with E-state index in [-0.39, 0.29) is 24.0 Å². The molecule has 1 aliphatic heterocycles. The molecule has 6 nitrogen and oxygen atoms in total. The second-order valence-corrected chi connectivity index (χ2v) is 8.30. The van der Waals surface area contributed by atoms with E-state index in [1.54, 1.807) is 26.2 Å². The van der Waals surface area contributed by atoms with E-state index < -0.39 is 0 Å². The number of carbonyl (C=O) groups excluding carboxylic acids is 2. The third-order valence-electron chi connectivity index (χ3n) is 6.58. The van der Waals surface area contributed by atoms with Crippen LogP contribution in [0, 0.1) is 13.8 Å². The van der Waals surface area contributed by atoms with Crippen molar-refractivity contribution < 1.29 is 23.8 Å². The van der Waals surface area contributed by atoms with Gasteiger partial charge >= 0.3 is 0 Å². The lowest BCUT2D eigenvalue weighted by molar-refractivity contribution is -0.119. The van der Waals surface area contributed by atoms with Crippen LogP contribution in [-0.2, 0) is 9.59 Å². The van der Waals surface area contributed by atoms with Crippen molar-refractivity contribution in [2.45, 2.75) is 45.4 Å². The third-order valence-corrected chi connectivity index (χ3v) is 6.58. The highest BCUT2D eigenvalue weighted by molar-refractivity contribution is 6.07. The normalized spacial score (nSPS) is 18.5. The number of aryl methyl sites for hydroxylation is 1. The number of methoxy groups -OCH3 is 3. The summed E-state index contributed by atoms with van der Waals surface area (Å²) in [5.41, 5.74) is 5.40. The van der Waals surface area contributed by atoms with Crippen LogP contribution in [0.1, 0.15) is 48.3 Å². The van der Waals surface area contributed by atoms with Gasteiger partial charge in [-0.05, 0) is 61.6 Å². The number of anilines is 1. The average molecular weight is 436 g/mol. The number of Topliss-reactive ketones (excluding diaryl/α,β-unsaturated/α-hetero) is 1. The number of hydrogen-bond acceptors (Lipinski definition) is 5. The standard InChI is InChI=1S/C26H29NO5/c1-15-8-6-9-19(16(15)2)27-20-10-7-11-21(28)25(20)18(14-24(27)29)17-12-22(30-3)26(32-5)23(13-17)31-4/h6,8-9,12-13,18H,7,10-11,14H2,1-5H3. The molecule has 2 aromatic carbocycles. The molecule has 0 saturated heterocycles. The van der Waals surface area contributed by atoms with Gasteiger partial charge in [0.05, 0.1) is 27.0 Å². The summed E-state index contributed by atoms with van der Waals surface area (Å²) in [5.74, 6) is 1.26. The Morgan fingerprint density at radius 1 is 0.938 bits per heavy atom. The molecule has 0 radical (unpaired) electrons. The van der Waals surface area contributed by atoms with Crippen molar-refractivity contribution in [3.05, 3.63) is 58.3 Å². The predicted octanol–water partition coefficient (Wildman–Crippen LogP) is 4.86. The number of ether oxygens (including phenoxy) is 3. The number of allylic oxidation sites excluding steroid dienone is 2. The molecule has 1 atom stereocenters. The lowest BCUT2D eigenvalue weighted by Gasteiger charge is -2.39. The zero-order chi connectivity index (χ0) is 23.0. The second kappa shape index (κ2) is 8.69. The highest BCUT2D eigenvalue weighted by Gasteiger charge is 2.40. The molecular formula is C26H29NO5. The Labute approximate surface area is 188 Å². The minimum absolute atomic E-state index is 0.00842. The third kappa shape index (κ3) is 3.53. The molecule has 2 aromatic rings. The monoisotopic (exact) mass is 435 g/mol. The Balaban J connectivity index is 1.90. The first-order chi connectivity index (χ1) is 15.4. The summed E-state index contributed by atoms with van der Waals surface area (Å²) in [6.07, 6.45) is 2.14. The first kappa shape index (κ1) is 21.9. The van der Waals surface area contributed by atoms with Gasteiger partial charge in [0, 0.05) is 30.0 Å². The molecular weight excluding hydrogens is 406 g/mol. The Bertz CT molecular complexity index is 1090. The first-order valence-corrected chi connectivity index (χ1v) is 10.9. The van der Waals surface area contributed by atoms with Gasteiger partial charge in [0.2, 0.25) is 11.7 Å². The molecule has 32 heavy (non-hydrogen) atoms. The lowest BCUT2D eigenvalue weighted by atomic mass is 9.77. The Morgan fingerprint density at radius 3 is 2.25 bits per heavy atom. The van der Waals surface area contributed by atoms with Gasteiger partial charge in [-0.25, -0.2) is 0 Å². The molecule has 0 aromatic heterocycles. The molecule has 1 heterocycles. The summed E-state index contributed by atoms with van der Waals surface area (Å²) in [4.78, 5) is 28.5. The highest BCUT2D eigenvalue weighted by atomic mass is 16.5. The van der Waals surface area contributed by atoms with E-state index in [0.717, 1.165) is 40.1 Å². The molecule has 0 fully saturated rings. The van der Waals surface area contributed by atoms with E-state index >= 15 is 0 Å².